The van der Waals surface area contributed by atoms with E-state index in [1.165, 1.54) is 0 Å². The Balaban J connectivity index is 0.000000247. The van der Waals surface area contributed by atoms with Crippen molar-refractivity contribution in [2.24, 2.45) is 14.1 Å². The fourth-order valence-electron chi connectivity index (χ4n) is 7.13. The summed E-state index contributed by atoms with van der Waals surface area (Å²) in [6, 6.07) is 2.08. The number of fused-ring (bicyclic) bond motifs is 2. The van der Waals surface area contributed by atoms with E-state index in [0.29, 0.717) is 25.7 Å². The Hall–Kier alpha value is -6.30. The van der Waals surface area contributed by atoms with Crippen LogP contribution in [0.15, 0.2) is 21.7 Å². The zero-order valence-electron chi connectivity index (χ0n) is 37.0. The number of amides is 2. The lowest BCUT2D eigenvalue weighted by molar-refractivity contribution is -0.154. The van der Waals surface area contributed by atoms with Crippen LogP contribution in [0.3, 0.4) is 0 Å². The number of halogens is 6. The summed E-state index contributed by atoms with van der Waals surface area (Å²) in [5.74, 6) is -5.39. The number of alkyl halides is 6. The Morgan fingerprint density at radius 1 is 0.667 bits per heavy atom. The quantitative estimate of drug-likeness (QED) is 0.132. The van der Waals surface area contributed by atoms with Gasteiger partial charge in [0.25, 0.3) is 22.9 Å². The third-order valence-electron chi connectivity index (χ3n) is 9.89. The van der Waals surface area contributed by atoms with E-state index >= 15 is 0 Å². The van der Waals surface area contributed by atoms with E-state index in [2.05, 4.69) is 20.6 Å². The lowest BCUT2D eigenvalue weighted by Crippen LogP contribution is -2.38. The molecule has 24 heteroatoms. The van der Waals surface area contributed by atoms with Gasteiger partial charge in [0, 0.05) is 38.4 Å². The third-order valence-corrected chi connectivity index (χ3v) is 9.89. The van der Waals surface area contributed by atoms with Crippen LogP contribution >= 0.6 is 0 Å². The van der Waals surface area contributed by atoms with Gasteiger partial charge < -0.3 is 39.8 Å². The van der Waals surface area contributed by atoms with Gasteiger partial charge in [0.15, 0.2) is 11.4 Å². The number of rotatable bonds is 8. The molecule has 0 saturated carbocycles. The number of nitrogens with one attached hydrogen (secondary N) is 2. The number of pyridine rings is 4. The summed E-state index contributed by atoms with van der Waals surface area (Å²) >= 11 is 0. The molecule has 0 bridgehead atoms. The van der Waals surface area contributed by atoms with Crippen molar-refractivity contribution in [3.63, 3.8) is 0 Å². The zero-order valence-corrected chi connectivity index (χ0v) is 37.0. The molecule has 2 fully saturated rings. The first-order valence-corrected chi connectivity index (χ1v) is 20.3. The number of aromatic nitrogens is 4. The van der Waals surface area contributed by atoms with E-state index in [1.807, 2.05) is 0 Å². The van der Waals surface area contributed by atoms with Crippen LogP contribution in [0.1, 0.15) is 123 Å². The topological polar surface area (TPSA) is 239 Å². The summed E-state index contributed by atoms with van der Waals surface area (Å²) in [5.41, 5.74) is -9.14. The summed E-state index contributed by atoms with van der Waals surface area (Å²) in [7, 11) is 2.27. The van der Waals surface area contributed by atoms with Crippen LogP contribution in [-0.2, 0) is 55.0 Å². The molecule has 2 amide bonds. The Bertz CT molecular complexity index is 2510. The minimum Gasteiger partial charge on any atom is -0.506 e. The summed E-state index contributed by atoms with van der Waals surface area (Å²) < 4.78 is 105. The van der Waals surface area contributed by atoms with Crippen molar-refractivity contribution < 1.29 is 74.7 Å². The largest absolute Gasteiger partial charge is 0.506 e. The second-order valence-corrected chi connectivity index (χ2v) is 17.3. The molecule has 66 heavy (non-hydrogen) atoms. The van der Waals surface area contributed by atoms with E-state index in [0.717, 1.165) is 35.4 Å². The van der Waals surface area contributed by atoms with E-state index in [9.17, 15) is 65.3 Å². The van der Waals surface area contributed by atoms with E-state index < -0.39 is 129 Å². The fraction of sp³-hybridized carbons (Fsp3) is 0.524. The number of aryl methyl sites for hydroxylation is 2. The number of hydrogen-bond donors (Lipinski definition) is 4. The molecular weight excluding hydrogens is 894 g/mol. The number of ether oxygens (including phenoxy) is 4. The molecule has 360 valence electrons. The van der Waals surface area contributed by atoms with Crippen LogP contribution in [0.25, 0.3) is 22.1 Å². The number of hydrogen-bond acceptors (Lipinski definition) is 14. The molecule has 0 spiro atoms. The van der Waals surface area contributed by atoms with Gasteiger partial charge in [0.05, 0.1) is 23.0 Å². The molecule has 2 saturated heterocycles. The predicted molar refractivity (Wildman–Crippen MR) is 220 cm³/mol. The first-order chi connectivity index (χ1) is 30.4. The van der Waals surface area contributed by atoms with Gasteiger partial charge in [-0.1, -0.05) is 0 Å². The highest BCUT2D eigenvalue weighted by molar-refractivity contribution is 6.03. The van der Waals surface area contributed by atoms with Crippen molar-refractivity contribution in [2.75, 3.05) is 26.3 Å². The van der Waals surface area contributed by atoms with Crippen LogP contribution < -0.4 is 21.8 Å². The number of esters is 2. The summed E-state index contributed by atoms with van der Waals surface area (Å²) in [6.45, 7) is 9.17. The minimum absolute atomic E-state index is 0.224. The van der Waals surface area contributed by atoms with Crippen LogP contribution in [0, 0.1) is 0 Å². The maximum absolute atomic E-state index is 13.7. The first kappa shape index (κ1) is 50.7. The normalized spacial score (nSPS) is 16.8. The molecule has 0 unspecified atom stereocenters. The number of carbonyl (C=O) groups is 4. The standard InChI is InChI=1S/2C21H24F3N3O6/c2*1-20(2,3)33-13(28)9-25-18(30)14-15(29)11-8-10(12-6-5-7-32-12)16(21(22,23)24)26-17(11)27(4)19(14)31/h2*8,12,29H,5-7,9H2,1-4H3,(H,25,30)/t2*12-/m10/s1. The summed E-state index contributed by atoms with van der Waals surface area (Å²) in [4.78, 5) is 81.6. The van der Waals surface area contributed by atoms with Gasteiger partial charge in [0.1, 0.15) is 58.2 Å². The van der Waals surface area contributed by atoms with Gasteiger partial charge in [-0.2, -0.15) is 26.3 Å². The highest BCUT2D eigenvalue weighted by Crippen LogP contribution is 2.42. The van der Waals surface area contributed by atoms with E-state index in [-0.39, 0.29) is 35.1 Å². The van der Waals surface area contributed by atoms with Crippen LogP contribution in [0.4, 0.5) is 26.3 Å². The Labute approximate surface area is 371 Å². The lowest BCUT2D eigenvalue weighted by atomic mass is 10.0. The Morgan fingerprint density at radius 2 is 1.00 bits per heavy atom. The molecule has 0 aromatic carbocycles. The molecule has 2 atom stereocenters. The Kier molecular flexibility index (Phi) is 14.5. The van der Waals surface area contributed by atoms with Crippen molar-refractivity contribution in [3.8, 4) is 11.5 Å². The molecule has 2 aliphatic rings. The fourth-order valence-corrected chi connectivity index (χ4v) is 7.13. The zero-order chi connectivity index (χ0) is 49.4. The molecule has 2 aliphatic heterocycles. The number of aromatic hydroxyl groups is 2. The third kappa shape index (κ3) is 11.4. The van der Waals surface area contributed by atoms with Crippen molar-refractivity contribution in [1.29, 1.82) is 0 Å². The van der Waals surface area contributed by atoms with E-state index in [4.69, 9.17) is 18.9 Å². The van der Waals surface area contributed by atoms with Crippen molar-refractivity contribution in [3.05, 3.63) is 66.5 Å². The monoisotopic (exact) mass is 942 g/mol. The van der Waals surface area contributed by atoms with Crippen LogP contribution in [0.5, 0.6) is 11.5 Å². The van der Waals surface area contributed by atoms with Gasteiger partial charge in [0.2, 0.25) is 0 Å². The van der Waals surface area contributed by atoms with Crippen LogP contribution in [0.2, 0.25) is 0 Å². The number of nitrogens with zero attached hydrogens (tertiary/aromatic N) is 4. The maximum Gasteiger partial charge on any atom is 0.433 e. The molecule has 6 heterocycles. The second-order valence-electron chi connectivity index (χ2n) is 17.3. The van der Waals surface area contributed by atoms with Crippen molar-refractivity contribution in [2.45, 2.75) is 103 Å². The predicted octanol–water partition coefficient (Wildman–Crippen LogP) is 5.16. The summed E-state index contributed by atoms with van der Waals surface area (Å²) in [6.07, 6.45) is -9.68. The SMILES string of the molecule is Cn1c(=O)c(C(=O)NCC(=O)OC(C)(C)C)c(O)c2cc([C@@H]3CCCO3)c(C(F)(F)F)nc21.Cn1c(=O)c(C(=O)NCC(=O)OC(C)(C)C)c(O)c2cc([C@H]3CCCO3)c(C(F)(F)F)nc21. The second kappa shape index (κ2) is 18.9. The van der Waals surface area contributed by atoms with Gasteiger partial charge in [-0.15, -0.1) is 0 Å². The van der Waals surface area contributed by atoms with Crippen molar-refractivity contribution >= 4 is 45.8 Å². The Morgan fingerprint density at radius 3 is 1.27 bits per heavy atom. The number of carbonyl (C=O) groups excluding carboxylic acids is 4. The van der Waals surface area contributed by atoms with E-state index in [1.54, 1.807) is 41.5 Å². The highest BCUT2D eigenvalue weighted by atomic mass is 19.4. The van der Waals surface area contributed by atoms with Crippen molar-refractivity contribution in [1.82, 2.24) is 29.7 Å². The molecule has 18 nitrogen and oxygen atoms in total. The molecular formula is C42H48F6N6O12. The van der Waals surface area contributed by atoms with Crippen LogP contribution in [-0.4, -0.2) is 90.6 Å². The molecule has 0 radical (unpaired) electrons. The summed E-state index contributed by atoms with van der Waals surface area (Å²) in [5, 5.41) is 25.3. The first-order valence-electron chi connectivity index (χ1n) is 20.3. The van der Waals surface area contributed by atoms with Gasteiger partial charge in [-0.3, -0.25) is 37.9 Å². The molecule has 4 aromatic heterocycles. The van der Waals surface area contributed by atoms with Gasteiger partial charge in [-0.25, -0.2) is 9.97 Å². The molecule has 4 N–H and O–H groups in total. The van der Waals surface area contributed by atoms with Gasteiger partial charge >= 0.3 is 24.3 Å². The molecule has 6 rings (SSSR count). The highest BCUT2D eigenvalue weighted by Gasteiger charge is 2.41. The smallest absolute Gasteiger partial charge is 0.433 e. The molecule has 4 aromatic rings. The molecule has 0 aliphatic carbocycles. The van der Waals surface area contributed by atoms with Gasteiger partial charge in [-0.05, 0) is 79.4 Å². The lowest BCUT2D eigenvalue weighted by Gasteiger charge is -2.20. The average molecular weight is 943 g/mol. The minimum atomic E-state index is -4.83. The maximum atomic E-state index is 13.7. The average Bonchev–Trinajstić information content (AvgIpc) is 3.94.